The summed E-state index contributed by atoms with van der Waals surface area (Å²) < 4.78 is 19.8. The van der Waals surface area contributed by atoms with Crippen LogP contribution in [-0.4, -0.2) is 32.5 Å². The Kier molecular flexibility index (Phi) is 4.04. The van der Waals surface area contributed by atoms with Gasteiger partial charge in [-0.1, -0.05) is 12.1 Å². The van der Waals surface area contributed by atoms with Crippen LogP contribution in [0.2, 0.25) is 0 Å². The van der Waals surface area contributed by atoms with Gasteiger partial charge in [-0.3, -0.25) is 4.79 Å². The Bertz CT molecular complexity index is 923. The summed E-state index contributed by atoms with van der Waals surface area (Å²) in [4.78, 5) is 19.3. The van der Waals surface area contributed by atoms with Gasteiger partial charge in [0.2, 0.25) is 5.89 Å². The Labute approximate surface area is 147 Å². The summed E-state index contributed by atoms with van der Waals surface area (Å²) in [6.45, 7) is 2.41. The van der Waals surface area contributed by atoms with E-state index in [1.54, 1.807) is 22.5 Å². The molecule has 0 spiro atoms. The van der Waals surface area contributed by atoms with Crippen molar-refractivity contribution in [1.82, 2.24) is 20.1 Å². The van der Waals surface area contributed by atoms with E-state index >= 15 is 0 Å². The topological polar surface area (TPSA) is 72.1 Å². The zero-order valence-electron chi connectivity index (χ0n) is 13.5. The fourth-order valence-corrected chi connectivity index (χ4v) is 3.75. The molecular formula is C17H15FN4O2S. The summed E-state index contributed by atoms with van der Waals surface area (Å²) >= 11 is 1.43. The molecule has 3 aromatic rings. The van der Waals surface area contributed by atoms with Crippen LogP contribution in [0.1, 0.15) is 40.8 Å². The molecule has 1 amide bonds. The first-order chi connectivity index (χ1) is 12.1. The molecule has 128 valence electrons. The van der Waals surface area contributed by atoms with Gasteiger partial charge in [0.1, 0.15) is 16.7 Å². The van der Waals surface area contributed by atoms with Crippen molar-refractivity contribution < 1.29 is 13.6 Å². The van der Waals surface area contributed by atoms with E-state index in [2.05, 4.69) is 15.2 Å². The smallest absolute Gasteiger partial charge is 0.259 e. The van der Waals surface area contributed by atoms with Crippen LogP contribution >= 0.6 is 11.3 Å². The average molecular weight is 358 g/mol. The lowest BCUT2D eigenvalue weighted by Crippen LogP contribution is -2.31. The standard InChI is InChI=1S/C17H15FN4O2S/c1-10-14(25-9-19-10)16-21-20-15(24-16)13-7-4-8-22(13)17(23)11-5-2-3-6-12(11)18/h2-3,5-6,9,13H,4,7-8H2,1H3/t13-/m1/s1. The second kappa shape index (κ2) is 6.36. The highest BCUT2D eigenvalue weighted by atomic mass is 32.1. The number of nitrogens with zero attached hydrogens (tertiary/aromatic N) is 4. The van der Waals surface area contributed by atoms with E-state index in [1.165, 1.54) is 23.5 Å². The Morgan fingerprint density at radius 2 is 2.20 bits per heavy atom. The molecule has 1 atom stereocenters. The van der Waals surface area contributed by atoms with Crippen LogP contribution in [-0.2, 0) is 0 Å². The molecule has 25 heavy (non-hydrogen) atoms. The second-order valence-corrected chi connectivity index (χ2v) is 6.70. The number of aryl methyl sites for hydroxylation is 1. The summed E-state index contributed by atoms with van der Waals surface area (Å²) in [7, 11) is 0. The Balaban J connectivity index is 1.62. The van der Waals surface area contributed by atoms with Gasteiger partial charge in [-0.2, -0.15) is 0 Å². The molecule has 0 aliphatic carbocycles. The fourth-order valence-electron chi connectivity index (χ4n) is 3.02. The Morgan fingerprint density at radius 3 is 2.96 bits per heavy atom. The molecule has 2 aromatic heterocycles. The van der Waals surface area contributed by atoms with E-state index in [0.29, 0.717) is 24.7 Å². The van der Waals surface area contributed by atoms with Gasteiger partial charge in [0.05, 0.1) is 16.8 Å². The van der Waals surface area contributed by atoms with Gasteiger partial charge in [-0.05, 0) is 31.9 Å². The minimum Gasteiger partial charge on any atom is -0.418 e. The molecule has 1 aliphatic rings. The number of carbonyl (C=O) groups excluding carboxylic acids is 1. The molecule has 0 unspecified atom stereocenters. The van der Waals surface area contributed by atoms with Crippen molar-refractivity contribution in [3.63, 3.8) is 0 Å². The number of hydrogen-bond acceptors (Lipinski definition) is 6. The van der Waals surface area contributed by atoms with Crippen molar-refractivity contribution in [2.45, 2.75) is 25.8 Å². The quantitative estimate of drug-likeness (QED) is 0.715. The zero-order chi connectivity index (χ0) is 17.4. The first-order valence-corrected chi connectivity index (χ1v) is 8.82. The number of likely N-dealkylation sites (tertiary alicyclic amines) is 1. The van der Waals surface area contributed by atoms with E-state index in [4.69, 9.17) is 4.42 Å². The number of thiazole rings is 1. The maximum atomic E-state index is 14.0. The number of hydrogen-bond donors (Lipinski definition) is 0. The van der Waals surface area contributed by atoms with Gasteiger partial charge in [0, 0.05) is 6.54 Å². The number of amides is 1. The Morgan fingerprint density at radius 1 is 1.36 bits per heavy atom. The maximum Gasteiger partial charge on any atom is 0.259 e. The molecule has 0 saturated carbocycles. The lowest BCUT2D eigenvalue weighted by Gasteiger charge is -2.22. The molecule has 8 heteroatoms. The molecule has 6 nitrogen and oxygen atoms in total. The molecule has 1 aliphatic heterocycles. The first-order valence-electron chi connectivity index (χ1n) is 7.94. The van der Waals surface area contributed by atoms with E-state index in [-0.39, 0.29) is 17.5 Å². The van der Waals surface area contributed by atoms with Crippen molar-refractivity contribution in [1.29, 1.82) is 0 Å². The third-order valence-corrected chi connectivity index (χ3v) is 5.20. The number of benzene rings is 1. The largest absolute Gasteiger partial charge is 0.418 e. The summed E-state index contributed by atoms with van der Waals surface area (Å²) in [5, 5.41) is 8.21. The number of rotatable bonds is 3. The monoisotopic (exact) mass is 358 g/mol. The van der Waals surface area contributed by atoms with E-state index < -0.39 is 5.82 Å². The van der Waals surface area contributed by atoms with Crippen LogP contribution in [0.4, 0.5) is 4.39 Å². The summed E-state index contributed by atoms with van der Waals surface area (Å²) in [6, 6.07) is 5.66. The van der Waals surface area contributed by atoms with E-state index in [9.17, 15) is 9.18 Å². The van der Waals surface area contributed by atoms with Crippen molar-refractivity contribution in [2.75, 3.05) is 6.54 Å². The van der Waals surface area contributed by atoms with E-state index in [0.717, 1.165) is 17.0 Å². The predicted molar refractivity (Wildman–Crippen MR) is 89.6 cm³/mol. The van der Waals surface area contributed by atoms with Crippen LogP contribution in [0.15, 0.2) is 34.2 Å². The third kappa shape index (κ3) is 2.82. The van der Waals surface area contributed by atoms with Crippen molar-refractivity contribution in [3.05, 3.63) is 52.7 Å². The number of halogens is 1. The predicted octanol–water partition coefficient (Wildman–Crippen LogP) is 3.62. The molecule has 3 heterocycles. The highest BCUT2D eigenvalue weighted by Crippen LogP contribution is 2.35. The van der Waals surface area contributed by atoms with Crippen molar-refractivity contribution >= 4 is 17.2 Å². The van der Waals surface area contributed by atoms with Gasteiger partial charge in [0.15, 0.2) is 0 Å². The van der Waals surface area contributed by atoms with Gasteiger partial charge in [-0.25, -0.2) is 9.37 Å². The average Bonchev–Trinajstić information content (AvgIpc) is 3.34. The van der Waals surface area contributed by atoms with Gasteiger partial charge in [-0.15, -0.1) is 21.5 Å². The van der Waals surface area contributed by atoms with Crippen molar-refractivity contribution in [2.24, 2.45) is 0 Å². The van der Waals surface area contributed by atoms with Gasteiger partial charge in [0.25, 0.3) is 11.8 Å². The lowest BCUT2D eigenvalue weighted by molar-refractivity contribution is 0.0711. The van der Waals surface area contributed by atoms with Crippen LogP contribution in [0.25, 0.3) is 10.8 Å². The fraction of sp³-hybridized carbons (Fsp3) is 0.294. The van der Waals surface area contributed by atoms with E-state index in [1.807, 2.05) is 6.92 Å². The number of carbonyl (C=O) groups is 1. The second-order valence-electron chi connectivity index (χ2n) is 5.85. The molecule has 1 fully saturated rings. The highest BCUT2D eigenvalue weighted by Gasteiger charge is 2.35. The Hall–Kier alpha value is -2.61. The summed E-state index contributed by atoms with van der Waals surface area (Å²) in [5.41, 5.74) is 2.61. The minimum absolute atomic E-state index is 0.0624. The molecule has 4 rings (SSSR count). The SMILES string of the molecule is Cc1ncsc1-c1nnc([C@H]2CCCN2C(=O)c2ccccc2F)o1. The molecule has 1 saturated heterocycles. The zero-order valence-corrected chi connectivity index (χ0v) is 14.3. The minimum atomic E-state index is -0.523. The molecule has 0 radical (unpaired) electrons. The lowest BCUT2D eigenvalue weighted by atomic mass is 10.1. The summed E-state index contributed by atoms with van der Waals surface area (Å²) in [6.07, 6.45) is 1.52. The van der Waals surface area contributed by atoms with Crippen LogP contribution in [0.3, 0.4) is 0 Å². The molecule has 0 N–H and O–H groups in total. The number of aromatic nitrogens is 3. The van der Waals surface area contributed by atoms with Gasteiger partial charge < -0.3 is 9.32 Å². The molecule has 0 bridgehead atoms. The maximum absolute atomic E-state index is 14.0. The van der Waals surface area contributed by atoms with Crippen LogP contribution < -0.4 is 0 Å². The van der Waals surface area contributed by atoms with Gasteiger partial charge >= 0.3 is 0 Å². The molecule has 1 aromatic carbocycles. The van der Waals surface area contributed by atoms with Crippen LogP contribution in [0.5, 0.6) is 0 Å². The normalized spacial score (nSPS) is 17.2. The molecular weight excluding hydrogens is 343 g/mol. The third-order valence-electron chi connectivity index (χ3n) is 4.28. The van der Waals surface area contributed by atoms with Crippen molar-refractivity contribution in [3.8, 4) is 10.8 Å². The first kappa shape index (κ1) is 15.9. The van der Waals surface area contributed by atoms with Crippen LogP contribution in [0, 0.1) is 12.7 Å². The summed E-state index contributed by atoms with van der Waals surface area (Å²) in [5.74, 6) is -0.0934. The highest BCUT2D eigenvalue weighted by molar-refractivity contribution is 7.13.